The number of rotatable bonds is 8. The zero-order valence-electron chi connectivity index (χ0n) is 21.4. The van der Waals surface area contributed by atoms with Gasteiger partial charge < -0.3 is 15.1 Å². The largest absolute Gasteiger partial charge is 0.324 e. The zero-order valence-corrected chi connectivity index (χ0v) is 21.4. The number of quaternary nitrogens is 2. The minimum atomic E-state index is -0.685. The number of nitrogens with one attached hydrogen (secondary N) is 3. The van der Waals surface area contributed by atoms with Gasteiger partial charge in [-0.2, -0.15) is 0 Å². The van der Waals surface area contributed by atoms with Crippen LogP contribution in [0.4, 0.5) is 5.69 Å². The molecule has 1 aliphatic carbocycles. The number of ketones is 2. The molecule has 3 N–H and O–H groups in total. The third-order valence-electron chi connectivity index (χ3n) is 7.40. The van der Waals surface area contributed by atoms with Crippen molar-refractivity contribution in [2.45, 2.75) is 32.6 Å². The molecule has 0 radical (unpaired) electrons. The molecule has 7 nitrogen and oxygen atoms in total. The normalized spacial score (nSPS) is 24.7. The molecule has 1 saturated carbocycles. The van der Waals surface area contributed by atoms with E-state index in [0.29, 0.717) is 25.9 Å². The van der Waals surface area contributed by atoms with Crippen molar-refractivity contribution in [1.29, 1.82) is 0 Å². The third kappa shape index (κ3) is 7.18. The number of carbonyl (C=O) groups is 3. The molecule has 4 rings (SSSR count). The van der Waals surface area contributed by atoms with E-state index < -0.39 is 5.92 Å². The number of amides is 1. The van der Waals surface area contributed by atoms with E-state index in [-0.39, 0.29) is 23.4 Å². The van der Waals surface area contributed by atoms with Gasteiger partial charge in [0.1, 0.15) is 43.7 Å². The number of hydrogen-bond acceptors (Lipinski definition) is 4. The minimum Gasteiger partial charge on any atom is -0.324 e. The topological polar surface area (TPSA) is 84.5 Å². The number of benzene rings is 2. The summed E-state index contributed by atoms with van der Waals surface area (Å²) >= 11 is 0. The lowest BCUT2D eigenvalue weighted by Crippen LogP contribution is -3.28. The smallest absolute Gasteiger partial charge is 0.279 e. The maximum absolute atomic E-state index is 12.7. The van der Waals surface area contributed by atoms with Crippen LogP contribution >= 0.6 is 0 Å². The van der Waals surface area contributed by atoms with Gasteiger partial charge in [-0.15, -0.1) is 0 Å². The first-order valence-corrected chi connectivity index (χ1v) is 13.0. The van der Waals surface area contributed by atoms with E-state index in [0.717, 1.165) is 44.0 Å². The lowest BCUT2D eigenvalue weighted by Gasteiger charge is -2.29. The lowest BCUT2D eigenvalue weighted by atomic mass is 9.77. The van der Waals surface area contributed by atoms with E-state index in [2.05, 4.69) is 10.3 Å². The summed E-state index contributed by atoms with van der Waals surface area (Å²) in [4.78, 5) is 44.9. The number of aliphatic imine (C=N–C) groups is 1. The van der Waals surface area contributed by atoms with Gasteiger partial charge in [0.2, 0.25) is 0 Å². The number of aryl methyl sites for hydroxylation is 2. The van der Waals surface area contributed by atoms with Gasteiger partial charge in [-0.05, 0) is 37.5 Å². The molecule has 2 aliphatic rings. The molecule has 2 aromatic rings. The van der Waals surface area contributed by atoms with Gasteiger partial charge in [-0.3, -0.25) is 19.4 Å². The van der Waals surface area contributed by atoms with Crippen molar-refractivity contribution < 1.29 is 24.2 Å². The molecule has 0 aromatic heterocycles. The van der Waals surface area contributed by atoms with Gasteiger partial charge in [0.25, 0.3) is 5.91 Å². The summed E-state index contributed by atoms with van der Waals surface area (Å²) < 4.78 is 0. The fourth-order valence-corrected chi connectivity index (χ4v) is 5.09. The summed E-state index contributed by atoms with van der Waals surface area (Å²) in [5.41, 5.74) is 4.25. The van der Waals surface area contributed by atoms with Crippen LogP contribution in [0.1, 0.15) is 35.4 Å². The Hall–Kier alpha value is -3.16. The number of hydrogen-bond donors (Lipinski definition) is 3. The highest BCUT2D eigenvalue weighted by Crippen LogP contribution is 2.31. The predicted molar refractivity (Wildman–Crippen MR) is 141 cm³/mol. The molecule has 190 valence electrons. The molecule has 1 aliphatic heterocycles. The number of Topliss-reactive ketones (excluding diaryl/α,β-unsaturated/α-hetero) is 2. The molecular weight excluding hydrogens is 452 g/mol. The summed E-state index contributed by atoms with van der Waals surface area (Å²) in [7, 11) is 0. The van der Waals surface area contributed by atoms with Crippen LogP contribution < -0.4 is 15.1 Å². The monoisotopic (exact) mass is 490 g/mol. The van der Waals surface area contributed by atoms with E-state index in [1.807, 2.05) is 62.4 Å². The first kappa shape index (κ1) is 25.9. The first-order chi connectivity index (χ1) is 17.4. The van der Waals surface area contributed by atoms with Crippen molar-refractivity contribution >= 4 is 29.4 Å². The second-order valence-electron chi connectivity index (χ2n) is 10.3. The van der Waals surface area contributed by atoms with E-state index in [4.69, 9.17) is 0 Å². The quantitative estimate of drug-likeness (QED) is 0.371. The highest BCUT2D eigenvalue weighted by atomic mass is 16.2. The summed E-state index contributed by atoms with van der Waals surface area (Å²) in [6.07, 6.45) is 2.39. The van der Waals surface area contributed by atoms with Crippen LogP contribution in [0.2, 0.25) is 0 Å². The third-order valence-corrected chi connectivity index (χ3v) is 7.40. The van der Waals surface area contributed by atoms with Crippen molar-refractivity contribution in [2.24, 2.45) is 10.9 Å². The maximum Gasteiger partial charge on any atom is 0.279 e. The molecule has 0 spiro atoms. The lowest BCUT2D eigenvalue weighted by molar-refractivity contribution is -1.01. The van der Waals surface area contributed by atoms with Gasteiger partial charge in [-0.1, -0.05) is 47.5 Å². The van der Waals surface area contributed by atoms with Crippen molar-refractivity contribution in [3.8, 4) is 0 Å². The van der Waals surface area contributed by atoms with Gasteiger partial charge in [0.05, 0.1) is 13.1 Å². The Morgan fingerprint density at radius 1 is 0.889 bits per heavy atom. The highest BCUT2D eigenvalue weighted by Gasteiger charge is 2.35. The van der Waals surface area contributed by atoms with Gasteiger partial charge in [0.15, 0.2) is 6.54 Å². The molecule has 0 unspecified atom stereocenters. The van der Waals surface area contributed by atoms with Crippen molar-refractivity contribution in [3.05, 3.63) is 65.2 Å². The standard InChI is InChI=1S/C29H36N4O3/c1-21-3-7-23(8-4-21)24-17-27(34)26(28(35)18-24)19-30-11-12-32-13-15-33(16-14-32)20-29(36)31-25-9-5-22(2)6-10-25/h3-10,19,24,26H,11-18,20H2,1-2H3,(H,31,36)/p+2. The summed E-state index contributed by atoms with van der Waals surface area (Å²) in [5, 5.41) is 2.98. The van der Waals surface area contributed by atoms with E-state index in [1.165, 1.54) is 20.9 Å². The molecule has 2 fully saturated rings. The summed E-state index contributed by atoms with van der Waals surface area (Å²) in [6, 6.07) is 16.0. The fraction of sp³-hybridized carbons (Fsp3) is 0.448. The van der Waals surface area contributed by atoms with Crippen LogP contribution in [0.25, 0.3) is 0 Å². The molecule has 1 amide bonds. The first-order valence-electron chi connectivity index (χ1n) is 13.0. The second kappa shape index (κ2) is 12.2. The van der Waals surface area contributed by atoms with Gasteiger partial charge in [0, 0.05) is 24.7 Å². The maximum atomic E-state index is 12.7. The van der Waals surface area contributed by atoms with Crippen LogP contribution in [0.5, 0.6) is 0 Å². The molecule has 7 heteroatoms. The number of carbonyl (C=O) groups excluding carboxylic acids is 3. The van der Waals surface area contributed by atoms with Gasteiger partial charge in [-0.25, -0.2) is 0 Å². The number of nitrogens with zero attached hydrogens (tertiary/aromatic N) is 1. The Bertz CT molecular complexity index is 1070. The minimum absolute atomic E-state index is 0.0162. The van der Waals surface area contributed by atoms with Crippen LogP contribution in [0.3, 0.4) is 0 Å². The average molecular weight is 491 g/mol. The molecule has 0 atom stereocenters. The van der Waals surface area contributed by atoms with Crippen LogP contribution in [0.15, 0.2) is 53.5 Å². The molecule has 36 heavy (non-hydrogen) atoms. The predicted octanol–water partition coefficient (Wildman–Crippen LogP) is 0.428. The van der Waals surface area contributed by atoms with E-state index >= 15 is 0 Å². The van der Waals surface area contributed by atoms with Crippen LogP contribution in [0, 0.1) is 19.8 Å². The van der Waals surface area contributed by atoms with Crippen LogP contribution in [-0.2, 0) is 14.4 Å². The van der Waals surface area contributed by atoms with E-state index in [9.17, 15) is 14.4 Å². The second-order valence-corrected chi connectivity index (χ2v) is 10.3. The Morgan fingerprint density at radius 2 is 1.44 bits per heavy atom. The SMILES string of the molecule is Cc1ccc(NC(=O)C[NH+]2CC[NH+](CCN=CC3C(=O)CC(c4ccc(C)cc4)CC3=O)CC2)cc1. The Morgan fingerprint density at radius 3 is 2.06 bits per heavy atom. The van der Waals surface area contributed by atoms with Gasteiger partial charge >= 0.3 is 0 Å². The van der Waals surface area contributed by atoms with Crippen LogP contribution in [-0.4, -0.2) is 69.5 Å². The molecular formula is C29H38N4O3+2. The highest BCUT2D eigenvalue weighted by molar-refractivity contribution is 6.16. The Balaban J connectivity index is 1.15. The fourth-order valence-electron chi connectivity index (χ4n) is 5.09. The van der Waals surface area contributed by atoms with E-state index in [1.54, 1.807) is 6.21 Å². The number of piperazine rings is 1. The molecule has 1 heterocycles. The molecule has 2 aromatic carbocycles. The Kier molecular flexibility index (Phi) is 8.78. The summed E-state index contributed by atoms with van der Waals surface area (Å²) in [6.45, 7) is 9.89. The summed E-state index contributed by atoms with van der Waals surface area (Å²) in [5.74, 6) is -0.691. The molecule has 0 bridgehead atoms. The zero-order chi connectivity index (χ0) is 25.5. The number of anilines is 1. The molecule has 1 saturated heterocycles. The van der Waals surface area contributed by atoms with Crippen molar-refractivity contribution in [2.75, 3.05) is 51.1 Å². The average Bonchev–Trinajstić information content (AvgIpc) is 2.86. The Labute approximate surface area is 213 Å². The van der Waals surface area contributed by atoms with Crippen molar-refractivity contribution in [3.63, 3.8) is 0 Å². The van der Waals surface area contributed by atoms with Crippen molar-refractivity contribution in [1.82, 2.24) is 0 Å².